The van der Waals surface area contributed by atoms with E-state index in [2.05, 4.69) is 95.0 Å². The molecule has 0 atom stereocenters. The summed E-state index contributed by atoms with van der Waals surface area (Å²) < 4.78 is 3.91. The number of carbonyl (C=O) groups excluding carboxylic acids is 1. The Bertz CT molecular complexity index is 2060. The molecule has 0 amide bonds. The molecular weight excluding hydrogens is 608 g/mol. The lowest BCUT2D eigenvalue weighted by Crippen LogP contribution is -2.39. The van der Waals surface area contributed by atoms with Gasteiger partial charge in [0.1, 0.15) is 17.1 Å². The fourth-order valence-corrected chi connectivity index (χ4v) is 6.81. The molecule has 0 bridgehead atoms. The van der Waals surface area contributed by atoms with Crippen molar-refractivity contribution >= 4 is 6.29 Å². The lowest BCUT2D eigenvalue weighted by atomic mass is 9.77. The zero-order chi connectivity index (χ0) is 33.6. The number of carbonyl (C=O) groups is 1. The van der Waals surface area contributed by atoms with Gasteiger partial charge in [-0.2, -0.15) is 0 Å². The van der Waals surface area contributed by atoms with Crippen molar-refractivity contribution < 1.29 is 9.90 Å². The minimum atomic E-state index is -0.870. The van der Waals surface area contributed by atoms with Crippen molar-refractivity contribution in [3.63, 3.8) is 0 Å². The molecule has 0 saturated heterocycles. The molecule has 0 spiro atoms. The fourth-order valence-electron chi connectivity index (χ4n) is 6.81. The van der Waals surface area contributed by atoms with E-state index in [1.807, 2.05) is 76.0 Å². The van der Waals surface area contributed by atoms with Crippen LogP contribution in [0.4, 0.5) is 0 Å². The van der Waals surface area contributed by atoms with Crippen molar-refractivity contribution in [1.82, 2.24) is 29.8 Å². The van der Waals surface area contributed by atoms with E-state index in [1.54, 1.807) is 0 Å². The molecule has 7 rings (SSSR count). The number of imidazole rings is 1. The zero-order valence-corrected chi connectivity index (χ0v) is 27.2. The highest BCUT2D eigenvalue weighted by Gasteiger charge is 2.42. The fraction of sp³-hybridized carbons (Fsp3) is 0.146. The first-order valence-electron chi connectivity index (χ1n) is 16.5. The number of aromatic nitrogens is 6. The number of aldehydes is 1. The predicted octanol–water partition coefficient (Wildman–Crippen LogP) is 7.35. The van der Waals surface area contributed by atoms with Gasteiger partial charge in [0.15, 0.2) is 12.1 Å². The molecule has 242 valence electrons. The number of hydrogen-bond acceptors (Lipinski definition) is 6. The molecule has 49 heavy (non-hydrogen) atoms. The number of hydrogen-bond donors (Lipinski definition) is 1. The van der Waals surface area contributed by atoms with Gasteiger partial charge in [0.05, 0.1) is 12.3 Å². The molecule has 2 aromatic heterocycles. The van der Waals surface area contributed by atoms with Gasteiger partial charge >= 0.3 is 0 Å². The van der Waals surface area contributed by atoms with Gasteiger partial charge in [-0.25, -0.2) is 9.67 Å². The summed E-state index contributed by atoms with van der Waals surface area (Å²) in [6.45, 7) is 2.33. The molecule has 0 fully saturated rings. The summed E-state index contributed by atoms with van der Waals surface area (Å²) in [7, 11) is 0. The van der Waals surface area contributed by atoms with Crippen molar-refractivity contribution in [2.24, 2.45) is 0 Å². The van der Waals surface area contributed by atoms with Crippen molar-refractivity contribution in [2.75, 3.05) is 0 Å². The van der Waals surface area contributed by atoms with Gasteiger partial charge in [-0.1, -0.05) is 146 Å². The Morgan fingerprint density at radius 2 is 1.27 bits per heavy atom. The van der Waals surface area contributed by atoms with Gasteiger partial charge < -0.3 is 9.67 Å². The Hall–Kier alpha value is -5.99. The van der Waals surface area contributed by atoms with Gasteiger partial charge in [-0.15, -0.1) is 5.10 Å². The molecule has 7 aromatic rings. The van der Waals surface area contributed by atoms with Crippen molar-refractivity contribution in [3.8, 4) is 22.5 Å². The van der Waals surface area contributed by atoms with Crippen LogP contribution in [0.1, 0.15) is 57.6 Å². The van der Waals surface area contributed by atoms with Crippen LogP contribution in [0.25, 0.3) is 22.5 Å². The topological polar surface area (TPSA) is 98.7 Å². The third-order valence-electron chi connectivity index (χ3n) is 9.05. The molecule has 0 aliphatic carbocycles. The quantitative estimate of drug-likeness (QED) is 0.110. The molecule has 0 saturated carbocycles. The van der Waals surface area contributed by atoms with Gasteiger partial charge in [0, 0.05) is 18.5 Å². The van der Waals surface area contributed by atoms with Gasteiger partial charge in [-0.3, -0.25) is 4.79 Å². The van der Waals surface area contributed by atoms with Crippen LogP contribution >= 0.6 is 0 Å². The smallest absolute Gasteiger partial charge is 0.184 e. The van der Waals surface area contributed by atoms with Crippen LogP contribution in [0.3, 0.4) is 0 Å². The lowest BCUT2D eigenvalue weighted by molar-refractivity contribution is 0.111. The van der Waals surface area contributed by atoms with Crippen molar-refractivity contribution in [1.29, 1.82) is 0 Å². The molecule has 0 aliphatic rings. The molecule has 1 N–H and O–H groups in total. The Kier molecular flexibility index (Phi) is 9.04. The molecule has 0 aliphatic heterocycles. The minimum Gasteiger partial charge on any atom is -0.390 e. The molecule has 0 radical (unpaired) electrons. The van der Waals surface area contributed by atoms with E-state index in [-0.39, 0.29) is 6.61 Å². The number of tetrazole rings is 1. The number of aliphatic hydroxyl groups is 1. The SMILES string of the molecule is CCCc1nc(C=O)c(CO)n1Cc1ccc(-c2ccccc2-c2nnnn2C(c2ccccc2)(c2ccccc2)c2ccccc2)cc1. The van der Waals surface area contributed by atoms with Gasteiger partial charge in [-0.05, 0) is 50.2 Å². The van der Waals surface area contributed by atoms with Crippen LogP contribution < -0.4 is 0 Å². The highest BCUT2D eigenvalue weighted by atomic mass is 16.3. The Morgan fingerprint density at radius 1 is 0.714 bits per heavy atom. The van der Waals surface area contributed by atoms with E-state index in [4.69, 9.17) is 5.21 Å². The lowest BCUT2D eigenvalue weighted by Gasteiger charge is -2.36. The average molecular weight is 645 g/mol. The number of aryl methyl sites for hydroxylation is 1. The first-order chi connectivity index (χ1) is 24.2. The second kappa shape index (κ2) is 14.0. The van der Waals surface area contributed by atoms with E-state index >= 15 is 0 Å². The van der Waals surface area contributed by atoms with Gasteiger partial charge in [0.25, 0.3) is 0 Å². The average Bonchev–Trinajstić information content (AvgIpc) is 3.79. The maximum atomic E-state index is 11.7. The van der Waals surface area contributed by atoms with Crippen LogP contribution in [0.15, 0.2) is 140 Å². The van der Waals surface area contributed by atoms with Crippen LogP contribution in [0.5, 0.6) is 0 Å². The standard InChI is InChI=1S/C41H36N6O2/c1-2-14-39-42-37(28-48)38(29-49)46(39)27-30-23-25-31(26-24-30)35-21-12-13-22-36(35)40-43-44-45-47(40)41(32-15-6-3-7-16-32,33-17-8-4-9-18-33)34-19-10-5-11-20-34/h3-13,15-26,28,49H,2,14,27,29H2,1H3. The second-order valence-electron chi connectivity index (χ2n) is 11.9. The van der Waals surface area contributed by atoms with Crippen LogP contribution in [-0.4, -0.2) is 41.2 Å². The van der Waals surface area contributed by atoms with E-state index in [1.165, 1.54) is 0 Å². The monoisotopic (exact) mass is 644 g/mol. The summed E-state index contributed by atoms with van der Waals surface area (Å²) in [6, 6.07) is 47.7. The summed E-state index contributed by atoms with van der Waals surface area (Å²) in [6.07, 6.45) is 2.32. The van der Waals surface area contributed by atoms with Crippen molar-refractivity contribution in [3.05, 3.63) is 179 Å². The second-order valence-corrected chi connectivity index (χ2v) is 11.9. The summed E-state index contributed by atoms with van der Waals surface area (Å²) >= 11 is 0. The minimum absolute atomic E-state index is 0.249. The Balaban J connectivity index is 1.35. The summed E-state index contributed by atoms with van der Waals surface area (Å²) in [5.74, 6) is 1.43. The molecule has 8 heteroatoms. The summed E-state index contributed by atoms with van der Waals surface area (Å²) in [5, 5.41) is 23.8. The molecule has 5 aromatic carbocycles. The number of nitrogens with zero attached hydrogens (tertiary/aromatic N) is 6. The largest absolute Gasteiger partial charge is 0.390 e. The zero-order valence-electron chi connectivity index (χ0n) is 27.2. The number of aliphatic hydroxyl groups excluding tert-OH is 1. The third kappa shape index (κ3) is 5.76. The Labute approximate surface area is 285 Å². The number of benzene rings is 5. The summed E-state index contributed by atoms with van der Waals surface area (Å²) in [5.41, 5.74) is 6.99. The third-order valence-corrected chi connectivity index (χ3v) is 9.05. The molecule has 2 heterocycles. The van der Waals surface area contributed by atoms with Crippen LogP contribution in [0, 0.1) is 0 Å². The van der Waals surface area contributed by atoms with E-state index in [0.717, 1.165) is 63.9 Å². The van der Waals surface area contributed by atoms with Crippen LogP contribution in [0.2, 0.25) is 0 Å². The van der Waals surface area contributed by atoms with Gasteiger partial charge in [0.2, 0.25) is 0 Å². The molecule has 0 unspecified atom stereocenters. The van der Waals surface area contributed by atoms with Crippen LogP contribution in [-0.2, 0) is 25.1 Å². The normalized spacial score (nSPS) is 11.5. The van der Waals surface area contributed by atoms with Crippen molar-refractivity contribution in [2.45, 2.75) is 38.5 Å². The first-order valence-corrected chi connectivity index (χ1v) is 16.5. The maximum Gasteiger partial charge on any atom is 0.184 e. The number of rotatable bonds is 12. The summed E-state index contributed by atoms with van der Waals surface area (Å²) in [4.78, 5) is 16.2. The maximum absolute atomic E-state index is 11.7. The highest BCUT2D eigenvalue weighted by Crippen LogP contribution is 2.43. The highest BCUT2D eigenvalue weighted by molar-refractivity contribution is 5.81. The van der Waals surface area contributed by atoms with E-state index in [9.17, 15) is 9.90 Å². The molecule has 8 nitrogen and oxygen atoms in total. The molecular formula is C41H36N6O2. The predicted molar refractivity (Wildman–Crippen MR) is 190 cm³/mol. The first kappa shape index (κ1) is 31.6. The Morgan fingerprint density at radius 3 is 1.80 bits per heavy atom. The van der Waals surface area contributed by atoms with E-state index < -0.39 is 5.54 Å². The van der Waals surface area contributed by atoms with E-state index in [0.29, 0.717) is 23.8 Å².